The number of amides is 2. The lowest BCUT2D eigenvalue weighted by Gasteiger charge is -2.21. The number of carboxylic acids is 1. The van der Waals surface area contributed by atoms with Crippen LogP contribution in [0.2, 0.25) is 0 Å². The lowest BCUT2D eigenvalue weighted by molar-refractivity contribution is -0.138. The molecule has 0 fully saturated rings. The first-order chi connectivity index (χ1) is 11.0. The van der Waals surface area contributed by atoms with E-state index in [0.29, 0.717) is 6.54 Å². The third kappa shape index (κ3) is 9.92. The van der Waals surface area contributed by atoms with Crippen LogP contribution in [0.15, 0.2) is 0 Å². The van der Waals surface area contributed by atoms with Crippen molar-refractivity contribution in [1.82, 2.24) is 10.6 Å². The Kier molecular flexibility index (Phi) is 12.0. The van der Waals surface area contributed by atoms with Gasteiger partial charge in [0, 0.05) is 18.9 Å². The largest absolute Gasteiger partial charge is 0.481 e. The number of carbonyl (C=O) groups is 3. The summed E-state index contributed by atoms with van der Waals surface area (Å²) in [6.45, 7) is 6.59. The fraction of sp³-hybridized carbons (Fsp3) is 0.824. The molecular weight excluding hydrogens is 296 g/mol. The van der Waals surface area contributed by atoms with Gasteiger partial charge in [-0.05, 0) is 25.7 Å². The van der Waals surface area contributed by atoms with Crippen molar-refractivity contribution < 1.29 is 19.5 Å². The molecule has 0 saturated carbocycles. The number of hydrogen-bond acceptors (Lipinski definition) is 3. The molecule has 1 unspecified atom stereocenters. The van der Waals surface area contributed by atoms with Gasteiger partial charge < -0.3 is 15.7 Å². The predicted molar refractivity (Wildman–Crippen MR) is 90.0 cm³/mol. The molecule has 3 N–H and O–H groups in total. The smallest absolute Gasteiger partial charge is 0.303 e. The van der Waals surface area contributed by atoms with Gasteiger partial charge in [0.05, 0.1) is 0 Å². The second kappa shape index (κ2) is 12.9. The van der Waals surface area contributed by atoms with Gasteiger partial charge in [0.15, 0.2) is 0 Å². The van der Waals surface area contributed by atoms with Gasteiger partial charge in [-0.25, -0.2) is 0 Å². The van der Waals surface area contributed by atoms with Gasteiger partial charge in [-0.1, -0.05) is 40.0 Å². The Hall–Kier alpha value is -1.59. The normalized spacial score (nSPS) is 13.2. The fourth-order valence-corrected chi connectivity index (χ4v) is 2.31. The Morgan fingerprint density at radius 1 is 0.957 bits per heavy atom. The van der Waals surface area contributed by atoms with Gasteiger partial charge in [0.2, 0.25) is 11.8 Å². The van der Waals surface area contributed by atoms with E-state index in [1.54, 1.807) is 0 Å². The Bertz CT molecular complexity index is 372. The summed E-state index contributed by atoms with van der Waals surface area (Å²) < 4.78 is 0. The van der Waals surface area contributed by atoms with E-state index in [1.165, 1.54) is 0 Å². The van der Waals surface area contributed by atoms with Gasteiger partial charge >= 0.3 is 5.97 Å². The molecule has 0 heterocycles. The van der Waals surface area contributed by atoms with E-state index in [0.717, 1.165) is 38.5 Å². The highest BCUT2D eigenvalue weighted by Gasteiger charge is 2.24. The van der Waals surface area contributed by atoms with Gasteiger partial charge in [-0.15, -0.1) is 0 Å². The SMILES string of the molecule is CCCCNC(=O)[C@H](CCC(=O)O)NC(=O)C(CC)CCCC. The van der Waals surface area contributed by atoms with Crippen molar-refractivity contribution >= 4 is 17.8 Å². The third-order valence-electron chi connectivity index (χ3n) is 3.88. The summed E-state index contributed by atoms with van der Waals surface area (Å²) >= 11 is 0. The quantitative estimate of drug-likeness (QED) is 0.453. The summed E-state index contributed by atoms with van der Waals surface area (Å²) in [5.41, 5.74) is 0. The number of rotatable bonds is 13. The minimum Gasteiger partial charge on any atom is -0.481 e. The predicted octanol–water partition coefficient (Wildman–Crippen LogP) is 2.47. The molecule has 0 aromatic rings. The maximum absolute atomic E-state index is 12.3. The molecule has 2 amide bonds. The molecule has 0 bridgehead atoms. The van der Waals surface area contributed by atoms with E-state index in [-0.39, 0.29) is 30.6 Å². The van der Waals surface area contributed by atoms with Crippen LogP contribution in [-0.2, 0) is 14.4 Å². The number of unbranched alkanes of at least 4 members (excludes halogenated alkanes) is 2. The van der Waals surface area contributed by atoms with Gasteiger partial charge in [0.25, 0.3) is 0 Å². The highest BCUT2D eigenvalue weighted by molar-refractivity contribution is 5.88. The average molecular weight is 328 g/mol. The van der Waals surface area contributed by atoms with Crippen LogP contribution in [0.5, 0.6) is 0 Å². The molecule has 0 aliphatic heterocycles. The average Bonchev–Trinajstić information content (AvgIpc) is 2.51. The molecule has 2 atom stereocenters. The monoisotopic (exact) mass is 328 g/mol. The minimum absolute atomic E-state index is 0.114. The summed E-state index contributed by atoms with van der Waals surface area (Å²) in [7, 11) is 0. The molecule has 0 aliphatic carbocycles. The van der Waals surface area contributed by atoms with E-state index < -0.39 is 12.0 Å². The molecular formula is C17H32N2O4. The minimum atomic E-state index is -0.969. The first-order valence-corrected chi connectivity index (χ1v) is 8.76. The topological polar surface area (TPSA) is 95.5 Å². The van der Waals surface area contributed by atoms with E-state index in [1.807, 2.05) is 13.8 Å². The second-order valence-corrected chi connectivity index (χ2v) is 5.89. The number of aliphatic carboxylic acids is 1. The van der Waals surface area contributed by atoms with Crippen molar-refractivity contribution in [3.63, 3.8) is 0 Å². The summed E-state index contributed by atoms with van der Waals surface area (Å²) in [6, 6.07) is -0.772. The third-order valence-corrected chi connectivity index (χ3v) is 3.88. The number of hydrogen-bond donors (Lipinski definition) is 3. The zero-order chi connectivity index (χ0) is 17.7. The summed E-state index contributed by atoms with van der Waals surface area (Å²) in [4.78, 5) is 35.3. The van der Waals surface area contributed by atoms with E-state index in [9.17, 15) is 14.4 Å². The Labute approximate surface area is 139 Å². The Morgan fingerprint density at radius 3 is 2.13 bits per heavy atom. The molecule has 6 heteroatoms. The number of nitrogens with one attached hydrogen (secondary N) is 2. The van der Waals surface area contributed by atoms with Crippen molar-refractivity contribution in [3.8, 4) is 0 Å². The number of carboxylic acid groups (broad SMARTS) is 1. The van der Waals surface area contributed by atoms with Crippen molar-refractivity contribution in [2.24, 2.45) is 5.92 Å². The first kappa shape index (κ1) is 21.4. The molecule has 6 nitrogen and oxygen atoms in total. The Balaban J connectivity index is 4.66. The molecule has 0 aromatic carbocycles. The van der Waals surface area contributed by atoms with Crippen LogP contribution < -0.4 is 10.6 Å². The van der Waals surface area contributed by atoms with E-state index in [4.69, 9.17) is 5.11 Å². The van der Waals surface area contributed by atoms with Crippen LogP contribution >= 0.6 is 0 Å². The fourth-order valence-electron chi connectivity index (χ4n) is 2.31. The molecule has 23 heavy (non-hydrogen) atoms. The van der Waals surface area contributed by atoms with Gasteiger partial charge in [0.1, 0.15) is 6.04 Å². The standard InChI is InChI=1S/C17H32N2O4/c1-4-7-9-13(6-3)16(22)19-14(10-11-15(20)21)17(23)18-12-8-5-2/h13-14H,4-12H2,1-3H3,(H,18,23)(H,19,22)(H,20,21)/t13?,14-/m0/s1. The second-order valence-electron chi connectivity index (χ2n) is 5.89. The summed E-state index contributed by atoms with van der Waals surface area (Å²) in [6.07, 6.45) is 5.29. The molecule has 134 valence electrons. The molecule has 0 saturated heterocycles. The van der Waals surface area contributed by atoms with E-state index in [2.05, 4.69) is 17.6 Å². The van der Waals surface area contributed by atoms with Crippen molar-refractivity contribution in [2.75, 3.05) is 6.54 Å². The van der Waals surface area contributed by atoms with Crippen LogP contribution in [0.3, 0.4) is 0 Å². The molecule has 0 rings (SSSR count). The zero-order valence-electron chi connectivity index (χ0n) is 14.7. The van der Waals surface area contributed by atoms with Crippen LogP contribution in [0.1, 0.15) is 72.1 Å². The van der Waals surface area contributed by atoms with Crippen LogP contribution in [0.25, 0.3) is 0 Å². The van der Waals surface area contributed by atoms with Crippen molar-refractivity contribution in [1.29, 1.82) is 0 Å². The molecule has 0 spiro atoms. The number of carbonyl (C=O) groups excluding carboxylic acids is 2. The highest BCUT2D eigenvalue weighted by atomic mass is 16.4. The lowest BCUT2D eigenvalue weighted by atomic mass is 9.97. The molecule has 0 aliphatic rings. The summed E-state index contributed by atoms with van der Waals surface area (Å²) in [5.74, 6) is -1.53. The molecule has 0 aromatic heterocycles. The maximum Gasteiger partial charge on any atom is 0.303 e. The van der Waals surface area contributed by atoms with Crippen LogP contribution in [0.4, 0.5) is 0 Å². The van der Waals surface area contributed by atoms with Crippen LogP contribution in [-0.4, -0.2) is 35.5 Å². The first-order valence-electron chi connectivity index (χ1n) is 8.76. The Morgan fingerprint density at radius 2 is 1.61 bits per heavy atom. The van der Waals surface area contributed by atoms with Gasteiger partial charge in [-0.2, -0.15) is 0 Å². The maximum atomic E-state index is 12.3. The highest BCUT2D eigenvalue weighted by Crippen LogP contribution is 2.13. The lowest BCUT2D eigenvalue weighted by Crippen LogP contribution is -2.48. The molecule has 0 radical (unpaired) electrons. The van der Waals surface area contributed by atoms with Crippen molar-refractivity contribution in [3.05, 3.63) is 0 Å². The van der Waals surface area contributed by atoms with Crippen LogP contribution in [0, 0.1) is 5.92 Å². The van der Waals surface area contributed by atoms with Gasteiger partial charge in [-0.3, -0.25) is 14.4 Å². The van der Waals surface area contributed by atoms with Crippen molar-refractivity contribution in [2.45, 2.75) is 78.2 Å². The summed E-state index contributed by atoms with van der Waals surface area (Å²) in [5, 5.41) is 14.3. The van der Waals surface area contributed by atoms with E-state index >= 15 is 0 Å². The zero-order valence-corrected chi connectivity index (χ0v) is 14.7.